The van der Waals surface area contributed by atoms with Crippen molar-refractivity contribution in [1.29, 1.82) is 0 Å². The maximum Gasteiger partial charge on any atom is 0.251 e. The average Bonchev–Trinajstić information content (AvgIpc) is 2.81. The molecular weight excluding hydrogens is 276 g/mol. The van der Waals surface area contributed by atoms with Gasteiger partial charge in [0, 0.05) is 36.6 Å². The van der Waals surface area contributed by atoms with Crippen LogP contribution in [0.25, 0.3) is 0 Å². The van der Waals surface area contributed by atoms with Gasteiger partial charge in [0.15, 0.2) is 0 Å². The lowest BCUT2D eigenvalue weighted by atomic mass is 10.1. The molecule has 1 aromatic carbocycles. The lowest BCUT2D eigenvalue weighted by Crippen LogP contribution is -2.27. The number of anilines is 1. The average molecular weight is 295 g/mol. The highest BCUT2D eigenvalue weighted by Crippen LogP contribution is 2.29. The molecule has 0 aromatic heterocycles. The first-order valence-electron chi connectivity index (χ1n) is 6.82. The summed E-state index contributed by atoms with van der Waals surface area (Å²) in [5.41, 5.74) is 2.38. The van der Waals surface area contributed by atoms with Crippen LogP contribution in [-0.4, -0.2) is 30.8 Å². The Balaban J connectivity index is 2.29. The number of hydrogen-bond acceptors (Lipinski definition) is 2. The molecule has 2 rings (SSSR count). The molecule has 1 aliphatic heterocycles. The number of nitrogens with zero attached hydrogens (tertiary/aromatic N) is 1. The molecule has 0 saturated carbocycles. The molecule has 0 radical (unpaired) electrons. The van der Waals surface area contributed by atoms with Crippen LogP contribution in [0.4, 0.5) is 5.69 Å². The molecule has 1 fully saturated rings. The van der Waals surface area contributed by atoms with Gasteiger partial charge >= 0.3 is 0 Å². The lowest BCUT2D eigenvalue weighted by molar-refractivity contribution is -0.117. The van der Waals surface area contributed by atoms with E-state index >= 15 is 0 Å². The van der Waals surface area contributed by atoms with Crippen molar-refractivity contribution in [2.75, 3.05) is 23.9 Å². The van der Waals surface area contributed by atoms with E-state index in [4.69, 9.17) is 11.6 Å². The summed E-state index contributed by atoms with van der Waals surface area (Å²) in [6.45, 7) is 5.03. The molecule has 5 heteroatoms. The second kappa shape index (κ2) is 6.27. The fourth-order valence-electron chi connectivity index (χ4n) is 2.42. The number of halogens is 1. The van der Waals surface area contributed by atoms with Crippen LogP contribution in [0.2, 0.25) is 0 Å². The SMILES string of the molecule is CCNC(=O)c1ccc(C)c(N2CC(CCl)CC2=O)c1. The Morgan fingerprint density at radius 3 is 2.85 bits per heavy atom. The minimum Gasteiger partial charge on any atom is -0.352 e. The van der Waals surface area contributed by atoms with Crippen LogP contribution in [-0.2, 0) is 4.79 Å². The molecule has 1 atom stereocenters. The highest BCUT2D eigenvalue weighted by atomic mass is 35.5. The van der Waals surface area contributed by atoms with Gasteiger partial charge in [-0.2, -0.15) is 0 Å². The zero-order valence-corrected chi connectivity index (χ0v) is 12.5. The molecule has 0 bridgehead atoms. The maximum absolute atomic E-state index is 12.1. The molecule has 1 N–H and O–H groups in total. The van der Waals surface area contributed by atoms with Crippen molar-refractivity contribution in [2.24, 2.45) is 5.92 Å². The predicted molar refractivity (Wildman–Crippen MR) is 80.4 cm³/mol. The van der Waals surface area contributed by atoms with Gasteiger partial charge in [0.05, 0.1) is 0 Å². The summed E-state index contributed by atoms with van der Waals surface area (Å²) in [4.78, 5) is 25.7. The molecule has 2 amide bonds. The van der Waals surface area contributed by atoms with Gasteiger partial charge in [0.2, 0.25) is 5.91 Å². The number of aryl methyl sites for hydroxylation is 1. The zero-order valence-electron chi connectivity index (χ0n) is 11.8. The number of hydrogen-bond donors (Lipinski definition) is 1. The second-order valence-corrected chi connectivity index (χ2v) is 5.40. The summed E-state index contributed by atoms with van der Waals surface area (Å²) >= 11 is 5.85. The van der Waals surface area contributed by atoms with E-state index in [-0.39, 0.29) is 17.7 Å². The minimum absolute atomic E-state index is 0.0757. The van der Waals surface area contributed by atoms with Crippen LogP contribution in [0, 0.1) is 12.8 Å². The predicted octanol–water partition coefficient (Wildman–Crippen LogP) is 2.34. The van der Waals surface area contributed by atoms with E-state index in [9.17, 15) is 9.59 Å². The first-order chi connectivity index (χ1) is 9.56. The Hall–Kier alpha value is -1.55. The standard InChI is InChI=1S/C15H19ClN2O2/c1-3-17-15(20)12-5-4-10(2)13(7-12)18-9-11(8-16)6-14(18)19/h4-5,7,11H,3,6,8-9H2,1-2H3,(H,17,20). The maximum atomic E-state index is 12.1. The second-order valence-electron chi connectivity index (χ2n) is 5.09. The number of carbonyl (C=O) groups excluding carboxylic acids is 2. The highest BCUT2D eigenvalue weighted by molar-refractivity contribution is 6.18. The van der Waals surface area contributed by atoms with E-state index in [1.807, 2.05) is 19.9 Å². The van der Waals surface area contributed by atoms with Crippen LogP contribution in [0.5, 0.6) is 0 Å². The van der Waals surface area contributed by atoms with Gasteiger partial charge in [-0.05, 0) is 37.5 Å². The Morgan fingerprint density at radius 2 is 2.25 bits per heavy atom. The molecule has 0 aliphatic carbocycles. The van der Waals surface area contributed by atoms with Crippen LogP contribution >= 0.6 is 11.6 Å². The van der Waals surface area contributed by atoms with Gasteiger partial charge in [-0.3, -0.25) is 9.59 Å². The number of rotatable bonds is 4. The summed E-state index contributed by atoms with van der Waals surface area (Å²) in [6.07, 6.45) is 0.480. The Kier molecular flexibility index (Phi) is 4.65. The van der Waals surface area contributed by atoms with Crippen molar-refractivity contribution in [2.45, 2.75) is 20.3 Å². The van der Waals surface area contributed by atoms with Gasteiger partial charge in [0.25, 0.3) is 5.91 Å². The summed E-state index contributed by atoms with van der Waals surface area (Å²) in [6, 6.07) is 5.44. The van der Waals surface area contributed by atoms with Gasteiger partial charge in [-0.15, -0.1) is 11.6 Å². The fraction of sp³-hybridized carbons (Fsp3) is 0.467. The molecule has 20 heavy (non-hydrogen) atoms. The third-order valence-corrected chi connectivity index (χ3v) is 3.96. The van der Waals surface area contributed by atoms with E-state index in [0.29, 0.717) is 31.0 Å². The zero-order chi connectivity index (χ0) is 14.7. The van der Waals surface area contributed by atoms with E-state index < -0.39 is 0 Å². The number of benzene rings is 1. The summed E-state index contributed by atoms with van der Waals surface area (Å²) in [7, 11) is 0. The number of alkyl halides is 1. The quantitative estimate of drug-likeness (QED) is 0.867. The molecule has 0 spiro atoms. The van der Waals surface area contributed by atoms with Crippen LogP contribution in [0.1, 0.15) is 29.3 Å². The molecule has 1 heterocycles. The number of amides is 2. The number of nitrogens with one attached hydrogen (secondary N) is 1. The largest absolute Gasteiger partial charge is 0.352 e. The van der Waals surface area contributed by atoms with E-state index in [1.165, 1.54) is 0 Å². The van der Waals surface area contributed by atoms with Crippen LogP contribution < -0.4 is 10.2 Å². The first-order valence-corrected chi connectivity index (χ1v) is 7.35. The van der Waals surface area contributed by atoms with Gasteiger partial charge < -0.3 is 10.2 Å². The van der Waals surface area contributed by atoms with Crippen molar-refractivity contribution >= 4 is 29.1 Å². The van der Waals surface area contributed by atoms with Gasteiger partial charge in [-0.1, -0.05) is 6.07 Å². The molecule has 1 saturated heterocycles. The highest BCUT2D eigenvalue weighted by Gasteiger charge is 2.31. The lowest BCUT2D eigenvalue weighted by Gasteiger charge is -2.20. The minimum atomic E-state index is -0.116. The van der Waals surface area contributed by atoms with E-state index in [2.05, 4.69) is 5.32 Å². The Morgan fingerprint density at radius 1 is 1.50 bits per heavy atom. The fourth-order valence-corrected chi connectivity index (χ4v) is 2.63. The van der Waals surface area contributed by atoms with Gasteiger partial charge in [0.1, 0.15) is 0 Å². The van der Waals surface area contributed by atoms with E-state index in [1.54, 1.807) is 17.0 Å². The van der Waals surface area contributed by atoms with Crippen molar-refractivity contribution in [3.8, 4) is 0 Å². The van der Waals surface area contributed by atoms with Gasteiger partial charge in [-0.25, -0.2) is 0 Å². The monoisotopic (exact) mass is 294 g/mol. The molecule has 1 aliphatic rings. The van der Waals surface area contributed by atoms with Crippen LogP contribution in [0.3, 0.4) is 0 Å². The van der Waals surface area contributed by atoms with E-state index in [0.717, 1.165) is 11.3 Å². The summed E-state index contributed by atoms with van der Waals surface area (Å²) < 4.78 is 0. The Labute approximate surface area is 124 Å². The molecule has 4 nitrogen and oxygen atoms in total. The summed E-state index contributed by atoms with van der Waals surface area (Å²) in [5.74, 6) is 0.634. The van der Waals surface area contributed by atoms with Crippen LogP contribution in [0.15, 0.2) is 18.2 Å². The third kappa shape index (κ3) is 2.96. The smallest absolute Gasteiger partial charge is 0.251 e. The Bertz CT molecular complexity index is 531. The number of carbonyl (C=O) groups is 2. The molecule has 1 unspecified atom stereocenters. The van der Waals surface area contributed by atoms with Crippen molar-refractivity contribution in [3.63, 3.8) is 0 Å². The molecular formula is C15H19ClN2O2. The summed E-state index contributed by atoms with van der Waals surface area (Å²) in [5, 5.41) is 2.77. The first kappa shape index (κ1) is 14.9. The van der Waals surface area contributed by atoms with Crippen molar-refractivity contribution in [1.82, 2.24) is 5.32 Å². The normalized spacial score (nSPS) is 18.4. The molecule has 1 aromatic rings. The van der Waals surface area contributed by atoms with Crippen molar-refractivity contribution < 1.29 is 9.59 Å². The molecule has 108 valence electrons. The third-order valence-electron chi connectivity index (χ3n) is 3.52. The van der Waals surface area contributed by atoms with Crippen molar-refractivity contribution in [3.05, 3.63) is 29.3 Å². The topological polar surface area (TPSA) is 49.4 Å².